The smallest absolute Gasteiger partial charge is 0.185 e. The fourth-order valence-corrected chi connectivity index (χ4v) is 2.84. The molecule has 4 nitrogen and oxygen atoms in total. The van der Waals surface area contributed by atoms with E-state index in [1.54, 1.807) is 18.4 Å². The summed E-state index contributed by atoms with van der Waals surface area (Å²) < 4.78 is 5.02. The summed E-state index contributed by atoms with van der Waals surface area (Å²) in [6.07, 6.45) is 4.42. The first-order chi connectivity index (χ1) is 7.92. The van der Waals surface area contributed by atoms with Gasteiger partial charge in [0.15, 0.2) is 5.13 Å². The van der Waals surface area contributed by atoms with Crippen LogP contribution in [0, 0.1) is 0 Å². The van der Waals surface area contributed by atoms with Gasteiger partial charge in [0.05, 0.1) is 6.61 Å². The molecule has 2 heterocycles. The first-order valence-corrected chi connectivity index (χ1v) is 6.65. The number of nitrogens with zero attached hydrogens (tertiary/aromatic N) is 2. The number of thiazole rings is 1. The van der Waals surface area contributed by atoms with Crippen molar-refractivity contribution in [3.8, 4) is 0 Å². The molecule has 5 heteroatoms. The lowest BCUT2D eigenvalue weighted by molar-refractivity contribution is 0.199. The molecular weight excluding hydrogens is 222 g/mol. The van der Waals surface area contributed by atoms with Crippen molar-refractivity contribution < 1.29 is 4.74 Å². The van der Waals surface area contributed by atoms with E-state index in [2.05, 4.69) is 15.2 Å². The average Bonchev–Trinajstić information content (AvgIpc) is 2.94. The molecule has 90 valence electrons. The summed E-state index contributed by atoms with van der Waals surface area (Å²) in [5.74, 6) is 0. The number of anilines is 1. The van der Waals surface area contributed by atoms with Gasteiger partial charge in [-0.3, -0.25) is 0 Å². The predicted molar refractivity (Wildman–Crippen MR) is 67.2 cm³/mol. The quantitative estimate of drug-likeness (QED) is 0.763. The lowest BCUT2D eigenvalue weighted by atomic mass is 10.2. The summed E-state index contributed by atoms with van der Waals surface area (Å²) in [7, 11) is 1.74. The maximum atomic E-state index is 5.02. The zero-order chi connectivity index (χ0) is 11.2. The van der Waals surface area contributed by atoms with Crippen molar-refractivity contribution in [3.05, 3.63) is 11.6 Å². The van der Waals surface area contributed by atoms with Crippen LogP contribution in [0.4, 0.5) is 5.13 Å². The van der Waals surface area contributed by atoms with Gasteiger partial charge in [-0.15, -0.1) is 11.3 Å². The lowest BCUT2D eigenvalue weighted by Gasteiger charge is -2.24. The second kappa shape index (κ2) is 6.18. The zero-order valence-corrected chi connectivity index (χ0v) is 10.5. The molecular formula is C11H19N3OS. The Hall–Kier alpha value is -0.650. The predicted octanol–water partition coefficient (Wildman–Crippen LogP) is 1.35. The first kappa shape index (κ1) is 11.8. The number of nitrogens with one attached hydrogen (secondary N) is 1. The van der Waals surface area contributed by atoms with Crippen LogP contribution in [0.25, 0.3) is 0 Å². The minimum atomic E-state index is 0.600. The Bertz CT molecular complexity index is 291. The Morgan fingerprint density at radius 2 is 2.62 bits per heavy atom. The third-order valence-corrected chi connectivity index (χ3v) is 3.71. The molecule has 1 unspecified atom stereocenters. The number of rotatable bonds is 6. The second-order valence-corrected chi connectivity index (χ2v) is 4.87. The van der Waals surface area contributed by atoms with E-state index in [1.807, 2.05) is 11.6 Å². The third-order valence-electron chi connectivity index (χ3n) is 2.91. The Balaban J connectivity index is 1.80. The van der Waals surface area contributed by atoms with E-state index >= 15 is 0 Å². The van der Waals surface area contributed by atoms with Gasteiger partial charge in [0, 0.05) is 44.4 Å². The Kier molecular flexibility index (Phi) is 4.56. The van der Waals surface area contributed by atoms with Gasteiger partial charge >= 0.3 is 0 Å². The molecule has 1 aliphatic heterocycles. The summed E-state index contributed by atoms with van der Waals surface area (Å²) in [6, 6.07) is 0.600. The molecule has 1 aliphatic rings. The maximum absolute atomic E-state index is 5.02. The molecule has 1 saturated heterocycles. The highest BCUT2D eigenvalue weighted by atomic mass is 32.1. The van der Waals surface area contributed by atoms with Crippen molar-refractivity contribution in [1.82, 2.24) is 10.3 Å². The normalized spacial score (nSPS) is 20.6. The fraction of sp³-hybridized carbons (Fsp3) is 0.727. The summed E-state index contributed by atoms with van der Waals surface area (Å²) in [5.41, 5.74) is 0. The fourth-order valence-electron chi connectivity index (χ4n) is 2.10. The van der Waals surface area contributed by atoms with Crippen molar-refractivity contribution in [2.45, 2.75) is 18.9 Å². The first-order valence-electron chi connectivity index (χ1n) is 5.77. The van der Waals surface area contributed by atoms with Gasteiger partial charge in [-0.1, -0.05) is 0 Å². The molecule has 1 N–H and O–H groups in total. The van der Waals surface area contributed by atoms with E-state index in [0.717, 1.165) is 31.4 Å². The van der Waals surface area contributed by atoms with E-state index in [9.17, 15) is 0 Å². The molecule has 0 saturated carbocycles. The van der Waals surface area contributed by atoms with Crippen LogP contribution in [0.3, 0.4) is 0 Å². The standard InChI is InChI=1S/C11H19N3OS/c1-15-7-4-12-9-10-3-2-6-14(10)11-13-5-8-16-11/h5,8,10,12H,2-4,6-7,9H2,1H3. The van der Waals surface area contributed by atoms with Gasteiger partial charge in [0.1, 0.15) is 0 Å². The van der Waals surface area contributed by atoms with E-state index in [0.29, 0.717) is 6.04 Å². The Labute approximate surface area is 101 Å². The van der Waals surface area contributed by atoms with Crippen LogP contribution in [0.1, 0.15) is 12.8 Å². The SMILES string of the molecule is COCCNCC1CCCN1c1nccs1. The topological polar surface area (TPSA) is 37.4 Å². The van der Waals surface area contributed by atoms with Crippen molar-refractivity contribution in [2.24, 2.45) is 0 Å². The van der Waals surface area contributed by atoms with Crippen LogP contribution in [0.5, 0.6) is 0 Å². The van der Waals surface area contributed by atoms with Gasteiger partial charge < -0.3 is 15.0 Å². The number of hydrogen-bond donors (Lipinski definition) is 1. The van der Waals surface area contributed by atoms with Gasteiger partial charge in [0.25, 0.3) is 0 Å². The molecule has 2 rings (SSSR count). The number of methoxy groups -OCH3 is 1. The van der Waals surface area contributed by atoms with E-state index in [1.165, 1.54) is 12.8 Å². The molecule has 1 atom stereocenters. The van der Waals surface area contributed by atoms with Crippen molar-refractivity contribution >= 4 is 16.5 Å². The monoisotopic (exact) mass is 241 g/mol. The summed E-state index contributed by atoms with van der Waals surface area (Å²) >= 11 is 1.73. The van der Waals surface area contributed by atoms with E-state index in [4.69, 9.17) is 4.74 Å². The zero-order valence-electron chi connectivity index (χ0n) is 9.69. The average molecular weight is 241 g/mol. The number of hydrogen-bond acceptors (Lipinski definition) is 5. The van der Waals surface area contributed by atoms with Gasteiger partial charge in [-0.2, -0.15) is 0 Å². The molecule has 0 bridgehead atoms. The molecule has 0 aromatic carbocycles. The number of aromatic nitrogens is 1. The highest BCUT2D eigenvalue weighted by Gasteiger charge is 2.25. The molecule has 1 aromatic rings. The minimum Gasteiger partial charge on any atom is -0.383 e. The van der Waals surface area contributed by atoms with Crippen LogP contribution >= 0.6 is 11.3 Å². The van der Waals surface area contributed by atoms with Crippen LogP contribution < -0.4 is 10.2 Å². The van der Waals surface area contributed by atoms with Crippen LogP contribution in [-0.4, -0.2) is 44.4 Å². The van der Waals surface area contributed by atoms with Gasteiger partial charge in [-0.25, -0.2) is 4.98 Å². The largest absolute Gasteiger partial charge is 0.383 e. The number of ether oxygens (including phenoxy) is 1. The third kappa shape index (κ3) is 2.93. The van der Waals surface area contributed by atoms with Crippen LogP contribution in [-0.2, 0) is 4.74 Å². The maximum Gasteiger partial charge on any atom is 0.185 e. The molecule has 16 heavy (non-hydrogen) atoms. The van der Waals surface area contributed by atoms with Crippen molar-refractivity contribution in [2.75, 3.05) is 38.3 Å². The van der Waals surface area contributed by atoms with Crippen LogP contribution in [0.15, 0.2) is 11.6 Å². The molecule has 1 aromatic heterocycles. The highest BCUT2D eigenvalue weighted by Crippen LogP contribution is 2.26. The molecule has 0 amide bonds. The van der Waals surface area contributed by atoms with Crippen molar-refractivity contribution in [3.63, 3.8) is 0 Å². The second-order valence-electron chi connectivity index (χ2n) is 4.00. The summed E-state index contributed by atoms with van der Waals surface area (Å²) in [6.45, 7) is 3.88. The Morgan fingerprint density at radius 3 is 3.38 bits per heavy atom. The van der Waals surface area contributed by atoms with E-state index < -0.39 is 0 Å². The summed E-state index contributed by atoms with van der Waals surface area (Å²) in [4.78, 5) is 6.81. The molecule has 1 fully saturated rings. The lowest BCUT2D eigenvalue weighted by Crippen LogP contribution is -2.38. The van der Waals surface area contributed by atoms with Crippen molar-refractivity contribution in [1.29, 1.82) is 0 Å². The molecule has 0 spiro atoms. The minimum absolute atomic E-state index is 0.600. The van der Waals surface area contributed by atoms with E-state index in [-0.39, 0.29) is 0 Å². The molecule has 0 aliphatic carbocycles. The molecule has 0 radical (unpaired) electrons. The Morgan fingerprint density at radius 1 is 1.69 bits per heavy atom. The van der Waals surface area contributed by atoms with Crippen LogP contribution in [0.2, 0.25) is 0 Å². The van der Waals surface area contributed by atoms with Gasteiger partial charge in [0.2, 0.25) is 0 Å². The summed E-state index contributed by atoms with van der Waals surface area (Å²) in [5, 5.41) is 6.64. The van der Waals surface area contributed by atoms with Gasteiger partial charge in [-0.05, 0) is 12.8 Å². The highest BCUT2D eigenvalue weighted by molar-refractivity contribution is 7.13.